The average Bonchev–Trinajstić information content (AvgIpc) is 2.45. The van der Waals surface area contributed by atoms with Gasteiger partial charge in [-0.1, -0.05) is 52.0 Å². The van der Waals surface area contributed by atoms with Crippen LogP contribution in [0.4, 0.5) is 5.69 Å². The molecule has 18 heavy (non-hydrogen) atoms. The first-order valence-electron chi connectivity index (χ1n) is 7.16. The van der Waals surface area contributed by atoms with Crippen molar-refractivity contribution in [1.82, 2.24) is 0 Å². The molecule has 0 unspecified atom stereocenters. The Labute approximate surface area is 115 Å². The number of aryl methyl sites for hydroxylation is 1. The fraction of sp³-hybridized carbons (Fsp3) is 0.529. The third-order valence-electron chi connectivity index (χ3n) is 2.57. The Morgan fingerprint density at radius 1 is 1.11 bits per heavy atom. The van der Waals surface area contributed by atoms with E-state index in [1.807, 2.05) is 27.7 Å². The van der Waals surface area contributed by atoms with Crippen molar-refractivity contribution in [3.8, 4) is 0 Å². The van der Waals surface area contributed by atoms with E-state index in [1.165, 1.54) is 16.9 Å². The van der Waals surface area contributed by atoms with E-state index in [4.69, 9.17) is 0 Å². The summed E-state index contributed by atoms with van der Waals surface area (Å²) in [5.41, 5.74) is 3.95. The third kappa shape index (κ3) is 5.90. The van der Waals surface area contributed by atoms with Gasteiger partial charge in [-0.25, -0.2) is 0 Å². The molecule has 1 aromatic rings. The van der Waals surface area contributed by atoms with Crippen molar-refractivity contribution in [3.05, 3.63) is 41.6 Å². The summed E-state index contributed by atoms with van der Waals surface area (Å²) >= 11 is 0. The molecule has 1 nitrogen and oxygen atoms in total. The first-order chi connectivity index (χ1) is 8.70. The van der Waals surface area contributed by atoms with E-state index < -0.39 is 0 Å². The van der Waals surface area contributed by atoms with Crippen LogP contribution in [-0.4, -0.2) is 6.54 Å². The summed E-state index contributed by atoms with van der Waals surface area (Å²) in [5, 5.41) is 0. The maximum absolute atomic E-state index is 2.33. The Balaban J connectivity index is 0. The van der Waals surface area contributed by atoms with Crippen molar-refractivity contribution in [2.45, 2.75) is 55.4 Å². The van der Waals surface area contributed by atoms with Gasteiger partial charge in [-0.05, 0) is 39.3 Å². The van der Waals surface area contributed by atoms with Crippen LogP contribution in [0.5, 0.6) is 0 Å². The van der Waals surface area contributed by atoms with Gasteiger partial charge in [-0.15, -0.1) is 0 Å². The molecule has 0 saturated carbocycles. The van der Waals surface area contributed by atoms with Gasteiger partial charge in [0.25, 0.3) is 0 Å². The van der Waals surface area contributed by atoms with Gasteiger partial charge in [-0.2, -0.15) is 0 Å². The van der Waals surface area contributed by atoms with Crippen molar-refractivity contribution >= 4 is 5.69 Å². The zero-order valence-corrected chi connectivity index (χ0v) is 13.5. The second-order valence-electron chi connectivity index (χ2n) is 3.46. The Bertz CT molecular complexity index is 326. The fourth-order valence-electron chi connectivity index (χ4n) is 1.63. The number of para-hydroxylation sites is 1. The molecular formula is C17H31N. The SMILES string of the molecule is C/C=C(\C)N(CC)c1ccccc1C.CC.CC. The fourth-order valence-corrected chi connectivity index (χ4v) is 1.63. The molecule has 0 N–H and O–H groups in total. The van der Waals surface area contributed by atoms with E-state index in [0.29, 0.717) is 0 Å². The monoisotopic (exact) mass is 249 g/mol. The smallest absolute Gasteiger partial charge is 0.0437 e. The highest BCUT2D eigenvalue weighted by molar-refractivity contribution is 5.56. The normalized spacial score (nSPS) is 9.67. The summed E-state index contributed by atoms with van der Waals surface area (Å²) in [5.74, 6) is 0. The van der Waals surface area contributed by atoms with E-state index in [9.17, 15) is 0 Å². The predicted molar refractivity (Wildman–Crippen MR) is 86.3 cm³/mol. The van der Waals surface area contributed by atoms with Gasteiger partial charge in [0.15, 0.2) is 0 Å². The number of allylic oxidation sites excluding steroid dienone is 2. The van der Waals surface area contributed by atoms with E-state index in [1.54, 1.807) is 0 Å². The molecule has 0 aliphatic carbocycles. The minimum Gasteiger partial charge on any atom is -0.346 e. The van der Waals surface area contributed by atoms with Gasteiger partial charge in [0.2, 0.25) is 0 Å². The number of hydrogen-bond acceptors (Lipinski definition) is 1. The standard InChI is InChI=1S/C13H19N.2C2H6/c1-5-12(4)14(6-2)13-10-8-7-9-11(13)3;2*1-2/h5,7-10H,6H2,1-4H3;2*1-2H3/b12-5+;;. The van der Waals surface area contributed by atoms with Gasteiger partial charge in [0, 0.05) is 17.9 Å². The minimum atomic E-state index is 1.01. The van der Waals surface area contributed by atoms with Crippen molar-refractivity contribution in [2.75, 3.05) is 11.4 Å². The quantitative estimate of drug-likeness (QED) is 0.654. The Hall–Kier alpha value is -1.24. The van der Waals surface area contributed by atoms with Crippen molar-refractivity contribution in [3.63, 3.8) is 0 Å². The Kier molecular flexibility index (Phi) is 13.0. The number of benzene rings is 1. The largest absolute Gasteiger partial charge is 0.346 e. The van der Waals surface area contributed by atoms with Crippen LogP contribution in [0.1, 0.15) is 54.0 Å². The van der Waals surface area contributed by atoms with E-state index in [0.717, 1.165) is 6.54 Å². The maximum Gasteiger partial charge on any atom is 0.0437 e. The third-order valence-corrected chi connectivity index (χ3v) is 2.57. The number of anilines is 1. The van der Waals surface area contributed by atoms with Gasteiger partial charge < -0.3 is 4.90 Å². The van der Waals surface area contributed by atoms with Gasteiger partial charge >= 0.3 is 0 Å². The predicted octanol–water partition coefficient (Wildman–Crippen LogP) is 5.80. The number of hydrogen-bond donors (Lipinski definition) is 0. The van der Waals surface area contributed by atoms with Gasteiger partial charge in [0.05, 0.1) is 0 Å². The zero-order chi connectivity index (χ0) is 14.6. The molecule has 0 bridgehead atoms. The van der Waals surface area contributed by atoms with Crippen LogP contribution in [0.15, 0.2) is 36.0 Å². The van der Waals surface area contributed by atoms with Crippen molar-refractivity contribution in [2.24, 2.45) is 0 Å². The highest BCUT2D eigenvalue weighted by Crippen LogP contribution is 2.22. The molecule has 0 spiro atoms. The van der Waals surface area contributed by atoms with Crippen molar-refractivity contribution in [1.29, 1.82) is 0 Å². The molecule has 0 heterocycles. The van der Waals surface area contributed by atoms with E-state index in [-0.39, 0.29) is 0 Å². The summed E-state index contributed by atoms with van der Waals surface area (Å²) in [6, 6.07) is 8.50. The molecule has 0 aliphatic rings. The van der Waals surface area contributed by atoms with Crippen LogP contribution in [0.3, 0.4) is 0 Å². The van der Waals surface area contributed by atoms with Crippen LogP contribution in [-0.2, 0) is 0 Å². The van der Waals surface area contributed by atoms with E-state index >= 15 is 0 Å². The summed E-state index contributed by atoms with van der Waals surface area (Å²) in [7, 11) is 0. The number of nitrogens with zero attached hydrogens (tertiary/aromatic N) is 1. The molecule has 0 radical (unpaired) electrons. The second-order valence-corrected chi connectivity index (χ2v) is 3.46. The Morgan fingerprint density at radius 3 is 2.00 bits per heavy atom. The average molecular weight is 249 g/mol. The molecule has 1 rings (SSSR count). The second kappa shape index (κ2) is 12.2. The first-order valence-corrected chi connectivity index (χ1v) is 7.16. The molecule has 1 aromatic carbocycles. The summed E-state index contributed by atoms with van der Waals surface area (Å²) in [6.45, 7) is 17.6. The topological polar surface area (TPSA) is 3.24 Å². The highest BCUT2D eigenvalue weighted by Gasteiger charge is 2.06. The molecule has 0 aromatic heterocycles. The Morgan fingerprint density at radius 2 is 1.61 bits per heavy atom. The zero-order valence-electron chi connectivity index (χ0n) is 13.5. The lowest BCUT2D eigenvalue weighted by Gasteiger charge is -2.25. The molecule has 0 amide bonds. The van der Waals surface area contributed by atoms with E-state index in [2.05, 4.69) is 62.9 Å². The summed E-state index contributed by atoms with van der Waals surface area (Å²) in [4.78, 5) is 2.33. The van der Waals surface area contributed by atoms with Crippen LogP contribution in [0.25, 0.3) is 0 Å². The molecule has 0 fully saturated rings. The summed E-state index contributed by atoms with van der Waals surface area (Å²) < 4.78 is 0. The molecular weight excluding hydrogens is 218 g/mol. The molecule has 0 atom stereocenters. The maximum atomic E-state index is 2.33. The van der Waals surface area contributed by atoms with Crippen molar-refractivity contribution < 1.29 is 0 Å². The van der Waals surface area contributed by atoms with Crippen LogP contribution in [0, 0.1) is 6.92 Å². The highest BCUT2D eigenvalue weighted by atomic mass is 15.1. The van der Waals surface area contributed by atoms with Gasteiger partial charge in [0.1, 0.15) is 0 Å². The first kappa shape index (κ1) is 19.1. The molecule has 1 heteroatoms. The minimum absolute atomic E-state index is 1.01. The number of rotatable bonds is 3. The lowest BCUT2D eigenvalue weighted by Crippen LogP contribution is -2.20. The van der Waals surface area contributed by atoms with Crippen LogP contribution in [0.2, 0.25) is 0 Å². The molecule has 0 aliphatic heterocycles. The van der Waals surface area contributed by atoms with Gasteiger partial charge in [-0.3, -0.25) is 0 Å². The molecule has 0 saturated heterocycles. The summed E-state index contributed by atoms with van der Waals surface area (Å²) in [6.07, 6.45) is 2.15. The molecule has 104 valence electrons. The lowest BCUT2D eigenvalue weighted by atomic mass is 10.1. The lowest BCUT2D eigenvalue weighted by molar-refractivity contribution is 0.944. The van der Waals surface area contributed by atoms with Crippen LogP contribution >= 0.6 is 0 Å². The van der Waals surface area contributed by atoms with Crippen LogP contribution < -0.4 is 4.90 Å².